The SMILES string of the molecule is Cc1cc(OCC2CC2)c(-c2cn3ccc(N4CCCC4)cc3n2)cc1Br. The van der Waals surface area contributed by atoms with Gasteiger partial charge in [-0.1, -0.05) is 15.9 Å². The first-order valence-electron chi connectivity index (χ1n) is 9.84. The minimum atomic E-state index is 0.728. The molecule has 0 atom stereocenters. The lowest BCUT2D eigenvalue weighted by Gasteiger charge is -2.17. The highest BCUT2D eigenvalue weighted by Gasteiger charge is 2.23. The van der Waals surface area contributed by atoms with Crippen molar-refractivity contribution in [1.29, 1.82) is 0 Å². The first-order valence-corrected chi connectivity index (χ1v) is 10.6. The number of hydrogen-bond acceptors (Lipinski definition) is 3. The highest BCUT2D eigenvalue weighted by atomic mass is 79.9. The van der Waals surface area contributed by atoms with E-state index >= 15 is 0 Å². The number of rotatable bonds is 5. The number of halogens is 1. The molecule has 2 aliphatic rings. The van der Waals surface area contributed by atoms with E-state index in [1.807, 2.05) is 0 Å². The number of anilines is 1. The fourth-order valence-electron chi connectivity index (χ4n) is 3.74. The van der Waals surface area contributed by atoms with Crippen LogP contribution in [-0.2, 0) is 0 Å². The molecule has 0 N–H and O–H groups in total. The fraction of sp³-hybridized carbons (Fsp3) is 0.409. The summed E-state index contributed by atoms with van der Waals surface area (Å²) in [5.41, 5.74) is 5.45. The van der Waals surface area contributed by atoms with Gasteiger partial charge in [-0.2, -0.15) is 0 Å². The number of ether oxygens (including phenoxy) is 1. The second-order valence-corrected chi connectivity index (χ2v) is 8.68. The van der Waals surface area contributed by atoms with Crippen molar-refractivity contribution >= 4 is 27.3 Å². The molecule has 27 heavy (non-hydrogen) atoms. The van der Waals surface area contributed by atoms with Crippen molar-refractivity contribution in [3.63, 3.8) is 0 Å². The molecule has 0 amide bonds. The lowest BCUT2D eigenvalue weighted by molar-refractivity contribution is 0.300. The Kier molecular flexibility index (Phi) is 4.35. The Morgan fingerprint density at radius 1 is 1.19 bits per heavy atom. The number of aromatic nitrogens is 2. The first kappa shape index (κ1) is 17.1. The molecule has 1 aromatic carbocycles. The lowest BCUT2D eigenvalue weighted by atomic mass is 10.1. The second kappa shape index (κ2) is 6.86. The molecule has 2 fully saturated rings. The van der Waals surface area contributed by atoms with E-state index in [9.17, 15) is 0 Å². The van der Waals surface area contributed by atoms with Gasteiger partial charge in [-0.25, -0.2) is 4.98 Å². The van der Waals surface area contributed by atoms with Crippen molar-refractivity contribution < 1.29 is 4.74 Å². The number of nitrogens with zero attached hydrogens (tertiary/aromatic N) is 3. The first-order chi connectivity index (χ1) is 13.2. The lowest BCUT2D eigenvalue weighted by Crippen LogP contribution is -2.17. The number of fused-ring (bicyclic) bond motifs is 1. The quantitative estimate of drug-likeness (QED) is 0.543. The maximum atomic E-state index is 6.17. The zero-order valence-electron chi connectivity index (χ0n) is 15.6. The summed E-state index contributed by atoms with van der Waals surface area (Å²) in [6, 6.07) is 8.66. The van der Waals surface area contributed by atoms with E-state index in [4.69, 9.17) is 9.72 Å². The van der Waals surface area contributed by atoms with E-state index in [-0.39, 0.29) is 0 Å². The molecule has 1 aliphatic carbocycles. The van der Waals surface area contributed by atoms with E-state index in [1.165, 1.54) is 36.9 Å². The zero-order valence-corrected chi connectivity index (χ0v) is 17.2. The highest BCUT2D eigenvalue weighted by molar-refractivity contribution is 9.10. The molecular formula is C22H24BrN3O. The van der Waals surface area contributed by atoms with Gasteiger partial charge in [0.2, 0.25) is 0 Å². The largest absolute Gasteiger partial charge is 0.493 e. The van der Waals surface area contributed by atoms with Crippen molar-refractivity contribution in [2.75, 3.05) is 24.6 Å². The standard InChI is InChI=1S/C22H24BrN3O/c1-15-10-21(27-14-16-4-5-16)18(12-19(15)23)20-13-26-9-6-17(11-22(26)24-20)25-7-2-3-8-25/h6,9-13,16H,2-5,7-8,14H2,1H3. The minimum Gasteiger partial charge on any atom is -0.493 e. The molecule has 1 aliphatic heterocycles. The summed E-state index contributed by atoms with van der Waals surface area (Å²) >= 11 is 3.67. The van der Waals surface area contributed by atoms with Gasteiger partial charge in [0.1, 0.15) is 11.4 Å². The minimum absolute atomic E-state index is 0.728. The number of hydrogen-bond donors (Lipinski definition) is 0. The van der Waals surface area contributed by atoms with Crippen LogP contribution in [0.5, 0.6) is 5.75 Å². The summed E-state index contributed by atoms with van der Waals surface area (Å²) in [6.45, 7) is 5.20. The monoisotopic (exact) mass is 425 g/mol. The Balaban J connectivity index is 1.52. The van der Waals surface area contributed by atoms with Gasteiger partial charge in [-0.3, -0.25) is 0 Å². The zero-order chi connectivity index (χ0) is 18.4. The smallest absolute Gasteiger partial charge is 0.139 e. The molecule has 3 aromatic rings. The third kappa shape index (κ3) is 3.45. The van der Waals surface area contributed by atoms with Gasteiger partial charge in [-0.15, -0.1) is 0 Å². The molecule has 0 radical (unpaired) electrons. The number of imidazole rings is 1. The summed E-state index contributed by atoms with van der Waals surface area (Å²) in [5.74, 6) is 1.66. The summed E-state index contributed by atoms with van der Waals surface area (Å²) in [6.07, 6.45) is 9.36. The average molecular weight is 426 g/mol. The van der Waals surface area contributed by atoms with Gasteiger partial charge in [0.25, 0.3) is 0 Å². The van der Waals surface area contributed by atoms with Crippen molar-refractivity contribution in [1.82, 2.24) is 9.38 Å². The van der Waals surface area contributed by atoms with Crippen molar-refractivity contribution in [2.45, 2.75) is 32.6 Å². The van der Waals surface area contributed by atoms with Crippen LogP contribution in [0.3, 0.4) is 0 Å². The van der Waals surface area contributed by atoms with Crippen LogP contribution in [-0.4, -0.2) is 29.1 Å². The van der Waals surface area contributed by atoms with Crippen molar-refractivity contribution in [3.05, 3.63) is 46.7 Å². The molecule has 4 nitrogen and oxygen atoms in total. The molecule has 0 spiro atoms. The number of pyridine rings is 1. The maximum absolute atomic E-state index is 6.17. The third-order valence-electron chi connectivity index (χ3n) is 5.62. The van der Waals surface area contributed by atoms with Crippen LogP contribution in [0.15, 0.2) is 41.1 Å². The Hall–Kier alpha value is -2.01. The number of aryl methyl sites for hydroxylation is 1. The maximum Gasteiger partial charge on any atom is 0.139 e. The van der Waals surface area contributed by atoms with Gasteiger partial charge in [-0.05, 0) is 62.3 Å². The molecule has 3 heterocycles. The third-order valence-corrected chi connectivity index (χ3v) is 6.48. The van der Waals surface area contributed by atoms with Crippen LogP contribution < -0.4 is 9.64 Å². The van der Waals surface area contributed by atoms with Crippen LogP contribution in [0.4, 0.5) is 5.69 Å². The Bertz CT molecular complexity index is 987. The van der Waals surface area contributed by atoms with Crippen molar-refractivity contribution in [2.24, 2.45) is 5.92 Å². The van der Waals surface area contributed by atoms with Crippen LogP contribution in [0, 0.1) is 12.8 Å². The fourth-order valence-corrected chi connectivity index (χ4v) is 4.08. The highest BCUT2D eigenvalue weighted by Crippen LogP contribution is 2.37. The molecule has 2 aromatic heterocycles. The molecule has 1 saturated heterocycles. The molecule has 5 rings (SSSR count). The summed E-state index contributed by atoms with van der Waals surface area (Å²) in [4.78, 5) is 7.37. The molecular weight excluding hydrogens is 402 g/mol. The topological polar surface area (TPSA) is 29.8 Å². The van der Waals surface area contributed by atoms with Crippen LogP contribution in [0.25, 0.3) is 16.9 Å². The van der Waals surface area contributed by atoms with Gasteiger partial charge in [0.05, 0.1) is 12.3 Å². The molecule has 5 heteroatoms. The summed E-state index contributed by atoms with van der Waals surface area (Å²) in [5, 5.41) is 0. The van der Waals surface area contributed by atoms with E-state index in [2.05, 4.69) is 68.8 Å². The second-order valence-electron chi connectivity index (χ2n) is 7.82. The van der Waals surface area contributed by atoms with Crippen LogP contribution >= 0.6 is 15.9 Å². The Morgan fingerprint density at radius 2 is 2.00 bits per heavy atom. The normalized spacial score (nSPS) is 17.0. The predicted molar refractivity (Wildman–Crippen MR) is 113 cm³/mol. The Morgan fingerprint density at radius 3 is 2.78 bits per heavy atom. The summed E-state index contributed by atoms with van der Waals surface area (Å²) < 4.78 is 9.37. The summed E-state index contributed by atoms with van der Waals surface area (Å²) in [7, 11) is 0. The van der Waals surface area contributed by atoms with E-state index in [0.717, 1.165) is 52.7 Å². The predicted octanol–water partition coefficient (Wildman–Crippen LogP) is 5.46. The van der Waals surface area contributed by atoms with Crippen molar-refractivity contribution in [3.8, 4) is 17.0 Å². The van der Waals surface area contributed by atoms with E-state index in [1.54, 1.807) is 0 Å². The molecule has 0 bridgehead atoms. The Labute approximate surface area is 168 Å². The van der Waals surface area contributed by atoms with Gasteiger partial charge < -0.3 is 14.0 Å². The molecule has 1 saturated carbocycles. The van der Waals surface area contributed by atoms with E-state index in [0.29, 0.717) is 0 Å². The molecule has 0 unspecified atom stereocenters. The van der Waals surface area contributed by atoms with Crippen LogP contribution in [0.1, 0.15) is 31.2 Å². The molecule has 140 valence electrons. The van der Waals surface area contributed by atoms with Gasteiger partial charge in [0.15, 0.2) is 0 Å². The van der Waals surface area contributed by atoms with Crippen LogP contribution in [0.2, 0.25) is 0 Å². The van der Waals surface area contributed by atoms with Gasteiger partial charge >= 0.3 is 0 Å². The van der Waals surface area contributed by atoms with E-state index < -0.39 is 0 Å². The van der Waals surface area contributed by atoms with Gasteiger partial charge in [0, 0.05) is 47.3 Å². The average Bonchev–Trinajstić information content (AvgIpc) is 3.17. The number of benzene rings is 1.